The Morgan fingerprint density at radius 1 is 0.903 bits per heavy atom. The number of benzene rings is 3. The van der Waals surface area contributed by atoms with E-state index in [1.54, 1.807) is 37.4 Å². The van der Waals surface area contributed by atoms with Gasteiger partial charge in [0.1, 0.15) is 11.5 Å². The lowest BCUT2D eigenvalue weighted by molar-refractivity contribution is -0.132. The summed E-state index contributed by atoms with van der Waals surface area (Å²) < 4.78 is 5.25. The van der Waals surface area contributed by atoms with Crippen LogP contribution in [0.1, 0.15) is 28.3 Å². The maximum absolute atomic E-state index is 13.2. The maximum atomic E-state index is 13.2. The lowest BCUT2D eigenvalue weighted by Gasteiger charge is -2.26. The van der Waals surface area contributed by atoms with Crippen LogP contribution >= 0.6 is 0 Å². The molecule has 5 heteroatoms. The van der Waals surface area contributed by atoms with Crippen molar-refractivity contribution in [2.24, 2.45) is 0 Å². The fourth-order valence-corrected chi connectivity index (χ4v) is 4.05. The summed E-state index contributed by atoms with van der Waals surface area (Å²) in [5, 5.41) is 11.3. The number of aryl methyl sites for hydroxylation is 2. The van der Waals surface area contributed by atoms with Crippen LogP contribution in [0.3, 0.4) is 0 Å². The van der Waals surface area contributed by atoms with Gasteiger partial charge in [-0.3, -0.25) is 14.5 Å². The van der Waals surface area contributed by atoms with Gasteiger partial charge in [-0.2, -0.15) is 0 Å². The lowest BCUT2D eigenvalue weighted by atomic mass is 9.91. The molecule has 1 fully saturated rings. The van der Waals surface area contributed by atoms with Gasteiger partial charge in [-0.25, -0.2) is 0 Å². The second kappa shape index (κ2) is 8.11. The van der Waals surface area contributed by atoms with Gasteiger partial charge in [0, 0.05) is 11.3 Å². The molecular formula is C26H23NO4. The van der Waals surface area contributed by atoms with Gasteiger partial charge in [0.2, 0.25) is 0 Å². The van der Waals surface area contributed by atoms with Crippen molar-refractivity contribution >= 4 is 23.1 Å². The van der Waals surface area contributed by atoms with Crippen molar-refractivity contribution in [3.05, 3.63) is 101 Å². The monoisotopic (exact) mass is 413 g/mol. The van der Waals surface area contributed by atoms with Crippen molar-refractivity contribution < 1.29 is 19.4 Å². The summed E-state index contributed by atoms with van der Waals surface area (Å²) >= 11 is 0. The predicted octanol–water partition coefficient (Wildman–Crippen LogP) is 4.94. The zero-order valence-corrected chi connectivity index (χ0v) is 17.6. The summed E-state index contributed by atoms with van der Waals surface area (Å²) in [7, 11) is 1.57. The summed E-state index contributed by atoms with van der Waals surface area (Å²) in [5.41, 5.74) is 3.63. The van der Waals surface area contributed by atoms with E-state index in [2.05, 4.69) is 0 Å². The first-order chi connectivity index (χ1) is 14.9. The fourth-order valence-electron chi connectivity index (χ4n) is 4.05. The van der Waals surface area contributed by atoms with Crippen molar-refractivity contribution in [1.29, 1.82) is 0 Å². The molecule has 0 aliphatic carbocycles. The molecule has 0 saturated carbocycles. The van der Waals surface area contributed by atoms with E-state index >= 15 is 0 Å². The van der Waals surface area contributed by atoms with Gasteiger partial charge < -0.3 is 9.84 Å². The normalized spacial score (nSPS) is 17.8. The third-order valence-electron chi connectivity index (χ3n) is 5.65. The van der Waals surface area contributed by atoms with E-state index in [9.17, 15) is 14.7 Å². The molecule has 1 aliphatic heterocycles. The van der Waals surface area contributed by atoms with Crippen molar-refractivity contribution in [1.82, 2.24) is 0 Å². The van der Waals surface area contributed by atoms with Crippen LogP contribution in [0.4, 0.5) is 5.69 Å². The van der Waals surface area contributed by atoms with Crippen LogP contribution in [0.25, 0.3) is 5.76 Å². The molecule has 5 nitrogen and oxygen atoms in total. The number of Topliss-reactive ketones (excluding diaryl/α,β-unsaturated/α-hetero) is 1. The van der Waals surface area contributed by atoms with Gasteiger partial charge in [-0.1, -0.05) is 42.5 Å². The number of ether oxygens (including phenoxy) is 1. The van der Waals surface area contributed by atoms with Gasteiger partial charge >= 0.3 is 0 Å². The van der Waals surface area contributed by atoms with Crippen LogP contribution in [-0.2, 0) is 9.59 Å². The largest absolute Gasteiger partial charge is 0.507 e. The first-order valence-corrected chi connectivity index (χ1v) is 10.0. The Morgan fingerprint density at radius 2 is 1.58 bits per heavy atom. The number of amides is 1. The molecule has 0 radical (unpaired) electrons. The van der Waals surface area contributed by atoms with Crippen LogP contribution < -0.4 is 9.64 Å². The molecule has 3 aromatic carbocycles. The van der Waals surface area contributed by atoms with Crippen LogP contribution in [-0.4, -0.2) is 23.9 Å². The summed E-state index contributed by atoms with van der Waals surface area (Å²) in [6.45, 7) is 3.76. The summed E-state index contributed by atoms with van der Waals surface area (Å²) in [5.74, 6) is -0.906. The number of hydrogen-bond donors (Lipinski definition) is 1. The molecule has 156 valence electrons. The maximum Gasteiger partial charge on any atom is 0.300 e. The molecule has 1 unspecified atom stereocenters. The predicted molar refractivity (Wildman–Crippen MR) is 120 cm³/mol. The standard InChI is InChI=1S/C26H23NO4/c1-16-9-7-8-12-20(16)23-22(24(28)21-14-13-19(31-3)15-17(21)2)25(29)26(30)27(23)18-10-5-4-6-11-18/h4-15,23,28H,1-3H3/b24-22+. The number of ketones is 1. The number of carbonyl (C=O) groups excluding carboxylic acids is 2. The summed E-state index contributed by atoms with van der Waals surface area (Å²) in [4.78, 5) is 27.8. The van der Waals surface area contributed by atoms with E-state index in [4.69, 9.17) is 4.74 Å². The molecule has 1 heterocycles. The highest BCUT2D eigenvalue weighted by Crippen LogP contribution is 2.43. The van der Waals surface area contributed by atoms with Crippen molar-refractivity contribution in [2.75, 3.05) is 12.0 Å². The molecule has 1 amide bonds. The van der Waals surface area contributed by atoms with E-state index < -0.39 is 17.7 Å². The van der Waals surface area contributed by atoms with E-state index in [-0.39, 0.29) is 11.3 Å². The topological polar surface area (TPSA) is 66.8 Å². The van der Waals surface area contributed by atoms with E-state index in [0.717, 1.165) is 16.7 Å². The summed E-state index contributed by atoms with van der Waals surface area (Å²) in [6.07, 6.45) is 0. The number of methoxy groups -OCH3 is 1. The number of carbonyl (C=O) groups is 2. The molecule has 1 aliphatic rings. The lowest BCUT2D eigenvalue weighted by Crippen LogP contribution is -2.29. The average Bonchev–Trinajstić information content (AvgIpc) is 3.04. The highest BCUT2D eigenvalue weighted by molar-refractivity contribution is 6.51. The Bertz CT molecular complexity index is 1200. The minimum Gasteiger partial charge on any atom is -0.507 e. The Balaban J connectivity index is 1.97. The molecule has 31 heavy (non-hydrogen) atoms. The molecular weight excluding hydrogens is 390 g/mol. The van der Waals surface area contributed by atoms with Crippen LogP contribution in [0.2, 0.25) is 0 Å². The molecule has 0 bridgehead atoms. The van der Waals surface area contributed by atoms with E-state index in [1.165, 1.54) is 4.90 Å². The number of para-hydroxylation sites is 1. The highest BCUT2D eigenvalue weighted by atomic mass is 16.5. The SMILES string of the molecule is COc1ccc(/C(O)=C2\C(=O)C(=O)N(c3ccccc3)C2c2ccccc2C)c(C)c1. The van der Waals surface area contributed by atoms with E-state index in [0.29, 0.717) is 17.0 Å². The van der Waals surface area contributed by atoms with Crippen molar-refractivity contribution in [3.63, 3.8) is 0 Å². The van der Waals surface area contributed by atoms with Gasteiger partial charge in [0.25, 0.3) is 11.7 Å². The molecule has 1 atom stereocenters. The van der Waals surface area contributed by atoms with Crippen LogP contribution in [0.15, 0.2) is 78.4 Å². The molecule has 0 aromatic heterocycles. The second-order valence-electron chi connectivity index (χ2n) is 7.54. The Labute approximate surface area is 181 Å². The van der Waals surface area contributed by atoms with Gasteiger partial charge in [-0.05, 0) is 60.9 Å². The van der Waals surface area contributed by atoms with Gasteiger partial charge in [0.05, 0.1) is 18.7 Å². The Morgan fingerprint density at radius 3 is 2.23 bits per heavy atom. The fraction of sp³-hybridized carbons (Fsp3) is 0.154. The zero-order valence-electron chi connectivity index (χ0n) is 17.6. The highest BCUT2D eigenvalue weighted by Gasteiger charge is 2.47. The molecule has 1 N–H and O–H groups in total. The molecule has 1 saturated heterocycles. The van der Waals surface area contributed by atoms with E-state index in [1.807, 2.05) is 56.3 Å². The molecule has 0 spiro atoms. The van der Waals surface area contributed by atoms with Crippen LogP contribution in [0, 0.1) is 13.8 Å². The summed E-state index contributed by atoms with van der Waals surface area (Å²) in [6, 6.07) is 21.1. The first-order valence-electron chi connectivity index (χ1n) is 10.0. The number of aliphatic hydroxyl groups is 1. The first kappa shape index (κ1) is 20.4. The quantitative estimate of drug-likeness (QED) is 0.374. The number of rotatable bonds is 4. The molecule has 3 aromatic rings. The Hall–Kier alpha value is -3.86. The van der Waals surface area contributed by atoms with Crippen molar-refractivity contribution in [2.45, 2.75) is 19.9 Å². The Kier molecular flexibility index (Phi) is 5.34. The number of anilines is 1. The zero-order chi connectivity index (χ0) is 22.1. The second-order valence-corrected chi connectivity index (χ2v) is 7.54. The third-order valence-corrected chi connectivity index (χ3v) is 5.65. The third kappa shape index (κ3) is 3.48. The van der Waals surface area contributed by atoms with Gasteiger partial charge in [-0.15, -0.1) is 0 Å². The number of nitrogens with zero attached hydrogens (tertiary/aromatic N) is 1. The van der Waals surface area contributed by atoms with Crippen molar-refractivity contribution in [3.8, 4) is 5.75 Å². The molecule has 4 rings (SSSR count). The smallest absolute Gasteiger partial charge is 0.300 e. The minimum absolute atomic E-state index is 0.0800. The average molecular weight is 413 g/mol. The van der Waals surface area contributed by atoms with Gasteiger partial charge in [0.15, 0.2) is 0 Å². The number of aliphatic hydroxyl groups excluding tert-OH is 1. The van der Waals surface area contributed by atoms with Crippen LogP contribution in [0.5, 0.6) is 5.75 Å². The number of hydrogen-bond acceptors (Lipinski definition) is 4. The minimum atomic E-state index is -0.731.